The van der Waals surface area contributed by atoms with Crippen LogP contribution in [0.25, 0.3) is 0 Å². The molecule has 0 aromatic heterocycles. The van der Waals surface area contributed by atoms with Gasteiger partial charge in [0, 0.05) is 6.04 Å². The van der Waals surface area contributed by atoms with Crippen LogP contribution in [0, 0.1) is 17.8 Å². The van der Waals surface area contributed by atoms with Crippen LogP contribution in [0.5, 0.6) is 0 Å². The molecule has 3 N–H and O–H groups in total. The van der Waals surface area contributed by atoms with Gasteiger partial charge in [-0.3, -0.25) is 0 Å². The Bertz CT molecular complexity index is 173. The fourth-order valence-electron chi connectivity index (χ4n) is 3.41. The number of rotatable bonds is 2. The molecule has 0 aromatic rings. The van der Waals surface area contributed by atoms with Gasteiger partial charge in [-0.05, 0) is 44.2 Å². The first-order valence-electron chi connectivity index (χ1n) is 6.24. The highest BCUT2D eigenvalue weighted by Crippen LogP contribution is 2.38. The van der Waals surface area contributed by atoms with Gasteiger partial charge in [-0.15, -0.1) is 0 Å². The first-order chi connectivity index (χ1) is 6.81. The molecule has 2 fully saturated rings. The van der Waals surface area contributed by atoms with E-state index in [0.29, 0.717) is 6.04 Å². The van der Waals surface area contributed by atoms with Gasteiger partial charge in [-0.1, -0.05) is 25.7 Å². The highest BCUT2D eigenvalue weighted by Gasteiger charge is 2.34. The standard InChI is InChI=1S/C12H24N2/c1-9-6-12(10-4-2-3-5-10)11(7-13)8-14-9/h9-12,14H,2-8,13H2,1H3. The Morgan fingerprint density at radius 1 is 1.29 bits per heavy atom. The van der Waals surface area contributed by atoms with E-state index in [1.807, 2.05) is 0 Å². The van der Waals surface area contributed by atoms with Crippen LogP contribution in [0.2, 0.25) is 0 Å². The Morgan fingerprint density at radius 2 is 2.00 bits per heavy atom. The van der Waals surface area contributed by atoms with E-state index in [1.54, 1.807) is 0 Å². The van der Waals surface area contributed by atoms with E-state index in [9.17, 15) is 0 Å². The molecule has 82 valence electrons. The maximum Gasteiger partial charge on any atom is 0.00417 e. The summed E-state index contributed by atoms with van der Waals surface area (Å²) < 4.78 is 0. The summed E-state index contributed by atoms with van der Waals surface area (Å²) in [6.45, 7) is 4.34. The van der Waals surface area contributed by atoms with Crippen LogP contribution in [0.1, 0.15) is 39.0 Å². The summed E-state index contributed by atoms with van der Waals surface area (Å²) in [4.78, 5) is 0. The number of piperidine rings is 1. The minimum Gasteiger partial charge on any atom is -0.330 e. The van der Waals surface area contributed by atoms with Crippen molar-refractivity contribution >= 4 is 0 Å². The summed E-state index contributed by atoms with van der Waals surface area (Å²) >= 11 is 0. The number of nitrogens with one attached hydrogen (secondary N) is 1. The number of hydrogen-bond acceptors (Lipinski definition) is 2. The van der Waals surface area contributed by atoms with E-state index in [2.05, 4.69) is 12.2 Å². The van der Waals surface area contributed by atoms with Gasteiger partial charge < -0.3 is 11.1 Å². The zero-order valence-electron chi connectivity index (χ0n) is 9.34. The SMILES string of the molecule is CC1CC(C2CCCC2)C(CN)CN1. The fourth-order valence-corrected chi connectivity index (χ4v) is 3.41. The predicted octanol–water partition coefficient (Wildman–Crippen LogP) is 1.75. The topological polar surface area (TPSA) is 38.0 Å². The minimum atomic E-state index is 0.711. The molecule has 1 saturated carbocycles. The third kappa shape index (κ3) is 2.12. The first kappa shape index (κ1) is 10.4. The largest absolute Gasteiger partial charge is 0.330 e. The van der Waals surface area contributed by atoms with Crippen LogP contribution in [-0.2, 0) is 0 Å². The highest BCUT2D eigenvalue weighted by molar-refractivity contribution is 4.88. The Morgan fingerprint density at radius 3 is 2.64 bits per heavy atom. The average Bonchev–Trinajstić information content (AvgIpc) is 2.70. The second-order valence-electron chi connectivity index (χ2n) is 5.25. The third-order valence-electron chi connectivity index (χ3n) is 4.27. The van der Waals surface area contributed by atoms with Crippen LogP contribution in [0.15, 0.2) is 0 Å². The Hall–Kier alpha value is -0.0800. The van der Waals surface area contributed by atoms with Crippen LogP contribution < -0.4 is 11.1 Å². The fraction of sp³-hybridized carbons (Fsp3) is 1.00. The summed E-state index contributed by atoms with van der Waals surface area (Å²) in [5.74, 6) is 2.65. The summed E-state index contributed by atoms with van der Waals surface area (Å²) in [5.41, 5.74) is 5.87. The third-order valence-corrected chi connectivity index (χ3v) is 4.27. The van der Waals surface area contributed by atoms with E-state index in [4.69, 9.17) is 5.73 Å². The predicted molar refractivity (Wildman–Crippen MR) is 60.1 cm³/mol. The van der Waals surface area contributed by atoms with Gasteiger partial charge in [0.05, 0.1) is 0 Å². The van der Waals surface area contributed by atoms with Crippen molar-refractivity contribution in [2.45, 2.75) is 45.1 Å². The number of hydrogen-bond donors (Lipinski definition) is 2. The first-order valence-corrected chi connectivity index (χ1v) is 6.24. The van der Waals surface area contributed by atoms with Crippen molar-refractivity contribution in [1.29, 1.82) is 0 Å². The van der Waals surface area contributed by atoms with Crippen LogP contribution >= 0.6 is 0 Å². The van der Waals surface area contributed by atoms with Crippen molar-refractivity contribution in [2.24, 2.45) is 23.5 Å². The van der Waals surface area contributed by atoms with Gasteiger partial charge in [0.25, 0.3) is 0 Å². The molecular formula is C12H24N2. The molecule has 3 atom stereocenters. The molecule has 2 aliphatic rings. The van der Waals surface area contributed by atoms with E-state index in [1.165, 1.54) is 32.1 Å². The Kier molecular flexibility index (Phi) is 3.45. The molecule has 3 unspecified atom stereocenters. The molecular weight excluding hydrogens is 172 g/mol. The molecule has 14 heavy (non-hydrogen) atoms. The monoisotopic (exact) mass is 196 g/mol. The number of nitrogens with two attached hydrogens (primary N) is 1. The van der Waals surface area contributed by atoms with Crippen LogP contribution in [0.4, 0.5) is 0 Å². The van der Waals surface area contributed by atoms with Gasteiger partial charge in [-0.25, -0.2) is 0 Å². The Labute approximate surface area is 87.6 Å². The lowest BCUT2D eigenvalue weighted by atomic mass is 9.74. The molecule has 2 heteroatoms. The molecule has 1 saturated heterocycles. The molecule has 0 radical (unpaired) electrons. The van der Waals surface area contributed by atoms with Crippen LogP contribution in [0.3, 0.4) is 0 Å². The maximum atomic E-state index is 5.87. The lowest BCUT2D eigenvalue weighted by Crippen LogP contribution is -2.47. The molecule has 1 aliphatic heterocycles. The molecule has 2 nitrogen and oxygen atoms in total. The molecule has 0 amide bonds. The van der Waals surface area contributed by atoms with Gasteiger partial charge >= 0.3 is 0 Å². The molecule has 2 rings (SSSR count). The minimum absolute atomic E-state index is 0.711. The van der Waals surface area contributed by atoms with Gasteiger partial charge in [0.15, 0.2) is 0 Å². The lowest BCUT2D eigenvalue weighted by molar-refractivity contribution is 0.155. The summed E-state index contributed by atoms with van der Waals surface area (Å²) in [7, 11) is 0. The second kappa shape index (κ2) is 4.63. The Balaban J connectivity index is 1.96. The highest BCUT2D eigenvalue weighted by atomic mass is 14.9. The molecule has 0 spiro atoms. The smallest absolute Gasteiger partial charge is 0.00417 e. The summed E-state index contributed by atoms with van der Waals surface area (Å²) in [6, 6.07) is 0.711. The van der Waals surface area contributed by atoms with Crippen molar-refractivity contribution in [3.05, 3.63) is 0 Å². The molecule has 1 heterocycles. The average molecular weight is 196 g/mol. The zero-order valence-corrected chi connectivity index (χ0v) is 9.34. The van der Waals surface area contributed by atoms with E-state index < -0.39 is 0 Å². The van der Waals surface area contributed by atoms with Gasteiger partial charge in [0.2, 0.25) is 0 Å². The van der Waals surface area contributed by atoms with Crippen molar-refractivity contribution in [3.63, 3.8) is 0 Å². The van der Waals surface area contributed by atoms with Crippen molar-refractivity contribution < 1.29 is 0 Å². The second-order valence-corrected chi connectivity index (χ2v) is 5.25. The molecule has 0 aromatic carbocycles. The maximum absolute atomic E-state index is 5.87. The van der Waals surface area contributed by atoms with Crippen LogP contribution in [-0.4, -0.2) is 19.1 Å². The van der Waals surface area contributed by atoms with E-state index in [-0.39, 0.29) is 0 Å². The van der Waals surface area contributed by atoms with Gasteiger partial charge in [-0.2, -0.15) is 0 Å². The normalized spacial score (nSPS) is 40.3. The van der Waals surface area contributed by atoms with E-state index >= 15 is 0 Å². The van der Waals surface area contributed by atoms with Crippen molar-refractivity contribution in [1.82, 2.24) is 5.32 Å². The van der Waals surface area contributed by atoms with E-state index in [0.717, 1.165) is 30.8 Å². The lowest BCUT2D eigenvalue weighted by Gasteiger charge is -2.38. The summed E-state index contributed by atoms with van der Waals surface area (Å²) in [6.07, 6.45) is 7.20. The van der Waals surface area contributed by atoms with Crippen molar-refractivity contribution in [2.75, 3.05) is 13.1 Å². The van der Waals surface area contributed by atoms with Gasteiger partial charge in [0.1, 0.15) is 0 Å². The van der Waals surface area contributed by atoms with Crippen molar-refractivity contribution in [3.8, 4) is 0 Å². The molecule has 0 bridgehead atoms. The molecule has 1 aliphatic carbocycles. The summed E-state index contributed by atoms with van der Waals surface area (Å²) in [5, 5.41) is 3.56. The quantitative estimate of drug-likeness (QED) is 0.706. The zero-order chi connectivity index (χ0) is 9.97.